The van der Waals surface area contributed by atoms with Crippen LogP contribution in [0.3, 0.4) is 0 Å². The molecule has 0 fully saturated rings. The maximum absolute atomic E-state index is 12.2. The molecule has 1 aromatic heterocycles. The lowest BCUT2D eigenvalue weighted by Gasteiger charge is -2.21. The van der Waals surface area contributed by atoms with Crippen LogP contribution >= 0.6 is 11.3 Å². The van der Waals surface area contributed by atoms with Gasteiger partial charge in [0.05, 0.1) is 4.92 Å². The molecule has 0 saturated carbocycles. The number of carbonyl (C=O) groups excluding carboxylic acids is 2. The van der Waals surface area contributed by atoms with Gasteiger partial charge >= 0.3 is 11.0 Å². The van der Waals surface area contributed by atoms with Crippen LogP contribution in [0.4, 0.5) is 5.00 Å². The molecule has 1 amide bonds. The summed E-state index contributed by atoms with van der Waals surface area (Å²) in [6, 6.07) is 7.93. The number of amides is 1. The molecule has 142 valence electrons. The molecule has 0 aliphatic carbocycles. The van der Waals surface area contributed by atoms with Crippen LogP contribution in [-0.4, -0.2) is 48.6 Å². The minimum atomic E-state index is -0.769. The zero-order chi connectivity index (χ0) is 19.4. The van der Waals surface area contributed by atoms with Crippen molar-refractivity contribution >= 4 is 28.2 Å². The molecule has 0 radical (unpaired) electrons. The topological polar surface area (TPSA) is 108 Å². The van der Waals surface area contributed by atoms with Gasteiger partial charge in [-0.2, -0.15) is 0 Å². The number of nitro groups is 1. The second kappa shape index (κ2) is 8.04. The fourth-order valence-electron chi connectivity index (χ4n) is 2.39. The highest BCUT2D eigenvalue weighted by Crippen LogP contribution is 2.31. The quantitative estimate of drug-likeness (QED) is 0.421. The Hall–Kier alpha value is -3.14. The third-order valence-corrected chi connectivity index (χ3v) is 4.77. The second-order valence-electron chi connectivity index (χ2n) is 5.70. The maximum Gasteiger partial charge on any atom is 0.349 e. The second-order valence-corrected chi connectivity index (χ2v) is 6.76. The first-order valence-corrected chi connectivity index (χ1v) is 8.79. The third-order valence-electron chi connectivity index (χ3n) is 3.75. The van der Waals surface area contributed by atoms with Crippen molar-refractivity contribution in [2.24, 2.45) is 0 Å². The van der Waals surface area contributed by atoms with Crippen LogP contribution in [0.25, 0.3) is 0 Å². The Morgan fingerprint density at radius 1 is 1.22 bits per heavy atom. The number of ether oxygens (including phenoxy) is 3. The number of nitrogens with zero attached hydrogens (tertiary/aromatic N) is 2. The van der Waals surface area contributed by atoms with E-state index in [1.165, 1.54) is 17.0 Å². The van der Waals surface area contributed by atoms with E-state index in [2.05, 4.69) is 0 Å². The predicted molar refractivity (Wildman–Crippen MR) is 95.2 cm³/mol. The number of rotatable bonds is 6. The average Bonchev–Trinajstić information content (AvgIpc) is 3.16. The van der Waals surface area contributed by atoms with Crippen LogP contribution in [0.15, 0.2) is 30.3 Å². The van der Waals surface area contributed by atoms with E-state index < -0.39 is 23.4 Å². The van der Waals surface area contributed by atoms with Crippen LogP contribution in [0.5, 0.6) is 11.5 Å². The number of hydrogen-bond acceptors (Lipinski definition) is 8. The van der Waals surface area contributed by atoms with Gasteiger partial charge < -0.3 is 19.1 Å². The van der Waals surface area contributed by atoms with E-state index >= 15 is 0 Å². The minimum absolute atomic E-state index is 0.0731. The van der Waals surface area contributed by atoms with Crippen molar-refractivity contribution in [3.05, 3.63) is 50.9 Å². The van der Waals surface area contributed by atoms with E-state index in [0.717, 1.165) is 5.56 Å². The van der Waals surface area contributed by atoms with E-state index in [9.17, 15) is 19.7 Å². The Kier molecular flexibility index (Phi) is 5.55. The summed E-state index contributed by atoms with van der Waals surface area (Å²) in [7, 11) is 1.59. The molecule has 1 aliphatic heterocycles. The first-order chi connectivity index (χ1) is 12.9. The number of esters is 1. The van der Waals surface area contributed by atoms with Crippen molar-refractivity contribution in [2.75, 3.05) is 26.9 Å². The summed E-state index contributed by atoms with van der Waals surface area (Å²) in [5.41, 5.74) is 0.843. The lowest BCUT2D eigenvalue weighted by Crippen LogP contribution is -2.30. The van der Waals surface area contributed by atoms with E-state index in [4.69, 9.17) is 14.2 Å². The van der Waals surface area contributed by atoms with Crippen molar-refractivity contribution < 1.29 is 28.7 Å². The zero-order valence-electron chi connectivity index (χ0n) is 14.4. The van der Waals surface area contributed by atoms with Gasteiger partial charge in [0.1, 0.15) is 18.1 Å². The fourth-order valence-corrected chi connectivity index (χ4v) is 3.11. The number of likely N-dealkylation sites (N-methyl/N-ethyl adjacent to an activating group) is 1. The Labute approximate surface area is 158 Å². The highest BCUT2D eigenvalue weighted by atomic mass is 32.1. The number of thiophene rings is 1. The molecular formula is C17H16N2O7S. The summed E-state index contributed by atoms with van der Waals surface area (Å²) in [4.78, 5) is 35.6. The van der Waals surface area contributed by atoms with Crippen molar-refractivity contribution in [1.82, 2.24) is 4.90 Å². The summed E-state index contributed by atoms with van der Waals surface area (Å²) in [5.74, 6) is 0.127. The number of benzene rings is 1. The highest BCUT2D eigenvalue weighted by Gasteiger charge is 2.19. The predicted octanol–water partition coefficient (Wildman–Crippen LogP) is 2.24. The van der Waals surface area contributed by atoms with Gasteiger partial charge in [-0.15, -0.1) is 0 Å². The summed E-state index contributed by atoms with van der Waals surface area (Å²) < 4.78 is 15.9. The Morgan fingerprint density at radius 3 is 2.67 bits per heavy atom. The maximum atomic E-state index is 12.2. The van der Waals surface area contributed by atoms with Crippen molar-refractivity contribution in [3.8, 4) is 11.5 Å². The standard InChI is InChI=1S/C17H16N2O7S/c1-18(9-11-2-3-12-13(8-11)25-7-6-24-12)15(20)10-26-17(21)14-4-5-16(27-14)19(22)23/h2-5,8H,6-7,9-10H2,1H3. The van der Waals surface area contributed by atoms with E-state index in [1.807, 2.05) is 6.07 Å². The van der Waals surface area contributed by atoms with Crippen LogP contribution in [0.1, 0.15) is 15.2 Å². The van der Waals surface area contributed by atoms with Gasteiger partial charge in [0.15, 0.2) is 18.1 Å². The first kappa shape index (κ1) is 18.6. The van der Waals surface area contributed by atoms with Gasteiger partial charge in [-0.3, -0.25) is 14.9 Å². The van der Waals surface area contributed by atoms with Crippen LogP contribution in [-0.2, 0) is 16.1 Å². The summed E-state index contributed by atoms with van der Waals surface area (Å²) in [6.45, 7) is 0.828. The number of carbonyl (C=O) groups is 2. The third kappa shape index (κ3) is 4.53. The van der Waals surface area contributed by atoms with Crippen LogP contribution in [0.2, 0.25) is 0 Å². The SMILES string of the molecule is CN(Cc1ccc2c(c1)OCCO2)C(=O)COC(=O)c1ccc([N+](=O)[O-])s1. The molecule has 27 heavy (non-hydrogen) atoms. The minimum Gasteiger partial charge on any atom is -0.486 e. The van der Waals surface area contributed by atoms with Crippen molar-refractivity contribution in [1.29, 1.82) is 0 Å². The Morgan fingerprint density at radius 2 is 1.96 bits per heavy atom. The molecule has 10 heteroatoms. The van der Waals surface area contributed by atoms with Gasteiger partial charge in [-0.05, 0) is 23.8 Å². The molecule has 1 aromatic carbocycles. The van der Waals surface area contributed by atoms with E-state index in [1.54, 1.807) is 19.2 Å². The molecule has 0 spiro atoms. The lowest BCUT2D eigenvalue weighted by molar-refractivity contribution is -0.380. The van der Waals surface area contributed by atoms with Crippen molar-refractivity contribution in [3.63, 3.8) is 0 Å². The summed E-state index contributed by atoms with van der Waals surface area (Å²) in [5, 5.41) is 10.5. The largest absolute Gasteiger partial charge is 0.486 e. The molecule has 0 bridgehead atoms. The fraction of sp³-hybridized carbons (Fsp3) is 0.294. The first-order valence-electron chi connectivity index (χ1n) is 7.98. The normalized spacial score (nSPS) is 12.3. The molecule has 2 heterocycles. The molecule has 0 unspecified atom stereocenters. The summed E-state index contributed by atoms with van der Waals surface area (Å²) >= 11 is 0.701. The van der Waals surface area contributed by atoms with Gasteiger partial charge in [-0.25, -0.2) is 4.79 Å². The molecule has 0 N–H and O–H groups in total. The highest BCUT2D eigenvalue weighted by molar-refractivity contribution is 7.17. The van der Waals surface area contributed by atoms with Gasteiger partial charge in [-0.1, -0.05) is 17.4 Å². The van der Waals surface area contributed by atoms with E-state index in [-0.39, 0.29) is 9.88 Å². The Bertz CT molecular complexity index is 880. The van der Waals surface area contributed by atoms with Gasteiger partial charge in [0.2, 0.25) is 0 Å². The van der Waals surface area contributed by atoms with Crippen LogP contribution in [0, 0.1) is 10.1 Å². The number of fused-ring (bicyclic) bond motifs is 1. The van der Waals surface area contributed by atoms with E-state index in [0.29, 0.717) is 42.6 Å². The van der Waals surface area contributed by atoms with Crippen LogP contribution < -0.4 is 9.47 Å². The van der Waals surface area contributed by atoms with Crippen molar-refractivity contribution in [2.45, 2.75) is 6.54 Å². The molecule has 3 rings (SSSR count). The molecule has 2 aromatic rings. The molecular weight excluding hydrogens is 376 g/mol. The Balaban J connectivity index is 1.53. The monoisotopic (exact) mass is 392 g/mol. The molecule has 0 atom stereocenters. The van der Waals surface area contributed by atoms with Gasteiger partial charge in [0, 0.05) is 19.7 Å². The molecule has 0 saturated heterocycles. The average molecular weight is 392 g/mol. The lowest BCUT2D eigenvalue weighted by atomic mass is 10.2. The smallest absolute Gasteiger partial charge is 0.349 e. The summed E-state index contributed by atoms with van der Waals surface area (Å²) in [6.07, 6.45) is 0. The number of hydrogen-bond donors (Lipinski definition) is 0. The molecule has 1 aliphatic rings. The zero-order valence-corrected chi connectivity index (χ0v) is 15.2. The van der Waals surface area contributed by atoms with Gasteiger partial charge in [0.25, 0.3) is 5.91 Å². The molecule has 9 nitrogen and oxygen atoms in total.